The Hall–Kier alpha value is -2.30. The van der Waals surface area contributed by atoms with Crippen LogP contribution in [0.4, 0.5) is 0 Å². The van der Waals surface area contributed by atoms with Crippen LogP contribution in [0.2, 0.25) is 0 Å². The highest BCUT2D eigenvalue weighted by Crippen LogP contribution is 2.46. The van der Waals surface area contributed by atoms with Crippen LogP contribution in [0.1, 0.15) is 41.5 Å². The van der Waals surface area contributed by atoms with Gasteiger partial charge in [-0.05, 0) is 49.4 Å². The van der Waals surface area contributed by atoms with Gasteiger partial charge in [-0.1, -0.05) is 17.3 Å². The maximum Gasteiger partial charge on any atom is 0.343 e. The number of nitrogens with zero attached hydrogens (tertiary/aromatic N) is 1. The van der Waals surface area contributed by atoms with Gasteiger partial charge in [0.05, 0.1) is 5.71 Å². The molecule has 1 unspecified atom stereocenters. The zero-order valence-electron chi connectivity index (χ0n) is 13.9. The Kier molecular flexibility index (Phi) is 3.66. The maximum atomic E-state index is 12.4. The van der Waals surface area contributed by atoms with Gasteiger partial charge in [0, 0.05) is 12.8 Å². The van der Waals surface area contributed by atoms with E-state index in [4.69, 9.17) is 9.57 Å². The molecule has 1 fully saturated rings. The molecule has 1 aliphatic carbocycles. The molecule has 1 N–H and O–H groups in total. The molecule has 0 radical (unpaired) electrons. The van der Waals surface area contributed by atoms with Crippen molar-refractivity contribution in [3.63, 3.8) is 0 Å². The Morgan fingerprint density at radius 2 is 1.91 bits per heavy atom. The van der Waals surface area contributed by atoms with Crippen molar-refractivity contribution in [2.75, 3.05) is 7.11 Å². The van der Waals surface area contributed by atoms with Gasteiger partial charge in [0.2, 0.25) is 0 Å². The van der Waals surface area contributed by atoms with E-state index in [2.05, 4.69) is 5.16 Å². The quantitative estimate of drug-likeness (QED) is 0.671. The smallest absolute Gasteiger partial charge is 0.343 e. The van der Waals surface area contributed by atoms with Gasteiger partial charge < -0.3 is 14.7 Å². The molecule has 2 aliphatic rings. The van der Waals surface area contributed by atoms with Gasteiger partial charge in [-0.25, -0.2) is 4.79 Å². The zero-order valence-corrected chi connectivity index (χ0v) is 13.9. The van der Waals surface area contributed by atoms with Crippen LogP contribution < -0.4 is 0 Å². The number of hydrogen-bond donors (Lipinski definition) is 1. The van der Waals surface area contributed by atoms with Gasteiger partial charge >= 0.3 is 5.97 Å². The van der Waals surface area contributed by atoms with E-state index in [0.717, 1.165) is 28.0 Å². The summed E-state index contributed by atoms with van der Waals surface area (Å²) in [5.74, 6) is -0.442. The molecule has 122 valence electrons. The van der Waals surface area contributed by atoms with Gasteiger partial charge in [-0.15, -0.1) is 0 Å². The van der Waals surface area contributed by atoms with E-state index in [9.17, 15) is 9.90 Å². The highest BCUT2D eigenvalue weighted by molar-refractivity contribution is 6.20. The standard InChI is InChI=1S/C18H21NO4/c1-10-7-12(3)14(8-11(10)2)15-16(20)18(23-17(15)21)6-5-13(9-18)19-22-4/h7-8,20H,5-6,9H2,1-4H3/b19-13+. The van der Waals surface area contributed by atoms with Crippen LogP contribution in [0.3, 0.4) is 0 Å². The van der Waals surface area contributed by atoms with E-state index in [0.29, 0.717) is 19.3 Å². The number of carbonyl (C=O) groups excluding carboxylic acids is 1. The second-order valence-electron chi connectivity index (χ2n) is 6.38. The van der Waals surface area contributed by atoms with Gasteiger partial charge in [0.15, 0.2) is 11.4 Å². The van der Waals surface area contributed by atoms with E-state index < -0.39 is 11.6 Å². The van der Waals surface area contributed by atoms with E-state index in [-0.39, 0.29) is 11.3 Å². The Balaban J connectivity index is 2.08. The molecule has 1 aromatic carbocycles. The molecule has 1 aromatic rings. The Morgan fingerprint density at radius 1 is 1.22 bits per heavy atom. The van der Waals surface area contributed by atoms with Crippen molar-refractivity contribution in [2.24, 2.45) is 5.16 Å². The van der Waals surface area contributed by atoms with Crippen LogP contribution in [0.25, 0.3) is 5.57 Å². The lowest BCUT2D eigenvalue weighted by Gasteiger charge is -2.21. The number of aryl methyl sites for hydroxylation is 3. The van der Waals surface area contributed by atoms with Crippen molar-refractivity contribution in [3.8, 4) is 0 Å². The number of benzene rings is 1. The second-order valence-corrected chi connectivity index (χ2v) is 6.38. The molecular weight excluding hydrogens is 294 g/mol. The van der Waals surface area contributed by atoms with E-state index in [1.807, 2.05) is 32.9 Å². The summed E-state index contributed by atoms with van der Waals surface area (Å²) in [5.41, 5.74) is 4.02. The molecule has 0 bridgehead atoms. The molecule has 23 heavy (non-hydrogen) atoms. The van der Waals surface area contributed by atoms with E-state index in [1.165, 1.54) is 7.11 Å². The van der Waals surface area contributed by atoms with Crippen LogP contribution in [-0.4, -0.2) is 29.5 Å². The summed E-state index contributed by atoms with van der Waals surface area (Å²) in [7, 11) is 1.48. The molecule has 1 heterocycles. The third kappa shape index (κ3) is 2.40. The summed E-state index contributed by atoms with van der Waals surface area (Å²) in [4.78, 5) is 17.2. The lowest BCUT2D eigenvalue weighted by Crippen LogP contribution is -2.28. The minimum absolute atomic E-state index is 0.0233. The van der Waals surface area contributed by atoms with Gasteiger partial charge in [0.25, 0.3) is 0 Å². The third-order valence-electron chi connectivity index (χ3n) is 4.80. The first-order chi connectivity index (χ1) is 10.9. The minimum Gasteiger partial charge on any atom is -0.507 e. The fraction of sp³-hybridized carbons (Fsp3) is 0.444. The molecule has 0 aromatic heterocycles. The predicted molar refractivity (Wildman–Crippen MR) is 87.3 cm³/mol. The molecular formula is C18H21NO4. The van der Waals surface area contributed by atoms with Crippen LogP contribution in [0.5, 0.6) is 0 Å². The highest BCUT2D eigenvalue weighted by Gasteiger charge is 2.52. The molecule has 1 saturated carbocycles. The maximum absolute atomic E-state index is 12.4. The average Bonchev–Trinajstić information content (AvgIpc) is 2.98. The summed E-state index contributed by atoms with van der Waals surface area (Å²) in [6.07, 6.45) is 1.55. The minimum atomic E-state index is -0.977. The fourth-order valence-electron chi connectivity index (χ4n) is 3.42. The SMILES string of the molecule is CO/N=C1\CCC2(C1)OC(=O)C(c1cc(C)c(C)cc1C)=C2O. The molecule has 0 saturated heterocycles. The Bertz CT molecular complexity index is 748. The normalized spacial score (nSPS) is 25.6. The van der Waals surface area contributed by atoms with Crippen LogP contribution in [0.15, 0.2) is 23.0 Å². The fourth-order valence-corrected chi connectivity index (χ4v) is 3.42. The number of rotatable bonds is 2. The zero-order chi connectivity index (χ0) is 16.8. The van der Waals surface area contributed by atoms with Crippen molar-refractivity contribution in [3.05, 3.63) is 40.1 Å². The highest BCUT2D eigenvalue weighted by atomic mass is 16.6. The molecule has 5 heteroatoms. The van der Waals surface area contributed by atoms with Crippen LogP contribution >= 0.6 is 0 Å². The summed E-state index contributed by atoms with van der Waals surface area (Å²) < 4.78 is 5.59. The monoisotopic (exact) mass is 315 g/mol. The predicted octanol–water partition coefficient (Wildman–Crippen LogP) is 3.36. The molecule has 1 atom stereocenters. The molecule has 5 nitrogen and oxygen atoms in total. The lowest BCUT2D eigenvalue weighted by molar-refractivity contribution is -0.145. The first-order valence-electron chi connectivity index (χ1n) is 7.72. The number of carbonyl (C=O) groups is 1. The van der Waals surface area contributed by atoms with Gasteiger partial charge in [-0.2, -0.15) is 0 Å². The number of hydrogen-bond acceptors (Lipinski definition) is 5. The van der Waals surface area contributed by atoms with Crippen molar-refractivity contribution in [2.45, 2.75) is 45.6 Å². The number of aliphatic hydroxyl groups excluding tert-OH is 1. The summed E-state index contributed by atoms with van der Waals surface area (Å²) in [6.45, 7) is 5.96. The lowest BCUT2D eigenvalue weighted by atomic mass is 9.91. The molecule has 0 amide bonds. The van der Waals surface area contributed by atoms with Gasteiger partial charge in [0.1, 0.15) is 12.7 Å². The van der Waals surface area contributed by atoms with Crippen molar-refractivity contribution in [1.82, 2.24) is 0 Å². The summed E-state index contributed by atoms with van der Waals surface area (Å²) in [6, 6.07) is 3.96. The number of esters is 1. The number of oxime groups is 1. The molecule has 1 spiro atoms. The third-order valence-corrected chi connectivity index (χ3v) is 4.80. The van der Waals surface area contributed by atoms with E-state index in [1.54, 1.807) is 0 Å². The number of ether oxygens (including phenoxy) is 1. The second kappa shape index (κ2) is 5.41. The molecule has 3 rings (SSSR count). The van der Waals surface area contributed by atoms with Crippen molar-refractivity contribution < 1.29 is 19.5 Å². The Morgan fingerprint density at radius 3 is 2.61 bits per heavy atom. The topological polar surface area (TPSA) is 68.1 Å². The largest absolute Gasteiger partial charge is 0.507 e. The van der Waals surface area contributed by atoms with E-state index >= 15 is 0 Å². The van der Waals surface area contributed by atoms with Crippen molar-refractivity contribution in [1.29, 1.82) is 0 Å². The first-order valence-corrected chi connectivity index (χ1v) is 7.72. The van der Waals surface area contributed by atoms with Crippen molar-refractivity contribution >= 4 is 17.3 Å². The average molecular weight is 315 g/mol. The summed E-state index contributed by atoms with van der Waals surface area (Å²) >= 11 is 0. The summed E-state index contributed by atoms with van der Waals surface area (Å²) in [5, 5.41) is 14.7. The first kappa shape index (κ1) is 15.6. The molecule has 1 aliphatic heterocycles. The van der Waals surface area contributed by atoms with Crippen LogP contribution in [0, 0.1) is 20.8 Å². The Labute approximate surface area is 135 Å². The number of aliphatic hydroxyl groups is 1. The van der Waals surface area contributed by atoms with Crippen LogP contribution in [-0.2, 0) is 14.4 Å². The van der Waals surface area contributed by atoms with Gasteiger partial charge in [-0.3, -0.25) is 0 Å².